The van der Waals surface area contributed by atoms with E-state index in [1.165, 1.54) is 10.9 Å². The first-order chi connectivity index (χ1) is 13.2. The maximum absolute atomic E-state index is 6.09. The van der Waals surface area contributed by atoms with Crippen LogP contribution in [0.1, 0.15) is 19.4 Å². The summed E-state index contributed by atoms with van der Waals surface area (Å²) in [7, 11) is 0. The highest BCUT2D eigenvalue weighted by molar-refractivity contribution is 6.10. The topological polar surface area (TPSA) is 26.0 Å². The molecule has 2 nitrogen and oxygen atoms in total. The Hall–Kier alpha value is -3.13. The van der Waals surface area contributed by atoms with Crippen molar-refractivity contribution in [2.45, 2.75) is 20.3 Å². The molecule has 0 aliphatic heterocycles. The van der Waals surface area contributed by atoms with Gasteiger partial charge < -0.3 is 4.42 Å². The van der Waals surface area contributed by atoms with Crippen molar-refractivity contribution in [3.8, 4) is 11.3 Å². The van der Waals surface area contributed by atoms with E-state index in [0.29, 0.717) is 5.92 Å². The Kier molecular flexibility index (Phi) is 3.71. The second-order valence-corrected chi connectivity index (χ2v) is 7.59. The summed E-state index contributed by atoms with van der Waals surface area (Å²) in [4.78, 5) is 4.97. The predicted octanol–water partition coefficient (Wildman–Crippen LogP) is 7.00. The van der Waals surface area contributed by atoms with Crippen molar-refractivity contribution in [2.75, 3.05) is 0 Å². The second-order valence-electron chi connectivity index (χ2n) is 7.59. The third kappa shape index (κ3) is 2.78. The van der Waals surface area contributed by atoms with Crippen molar-refractivity contribution in [3.05, 3.63) is 78.4 Å². The van der Waals surface area contributed by atoms with Gasteiger partial charge >= 0.3 is 0 Å². The van der Waals surface area contributed by atoms with E-state index >= 15 is 0 Å². The van der Waals surface area contributed by atoms with Gasteiger partial charge in [-0.05, 0) is 36.1 Å². The Morgan fingerprint density at radius 3 is 2.37 bits per heavy atom. The van der Waals surface area contributed by atoms with Crippen molar-refractivity contribution in [1.82, 2.24) is 4.98 Å². The van der Waals surface area contributed by atoms with Gasteiger partial charge in [0, 0.05) is 27.8 Å². The molecule has 0 N–H and O–H groups in total. The molecule has 0 aliphatic rings. The lowest BCUT2D eigenvalue weighted by Crippen LogP contribution is -1.98. The van der Waals surface area contributed by atoms with Crippen molar-refractivity contribution in [3.63, 3.8) is 0 Å². The van der Waals surface area contributed by atoms with E-state index in [1.807, 2.05) is 18.2 Å². The second kappa shape index (κ2) is 6.24. The first-order valence-corrected chi connectivity index (χ1v) is 9.49. The van der Waals surface area contributed by atoms with E-state index in [4.69, 9.17) is 9.40 Å². The van der Waals surface area contributed by atoms with Crippen LogP contribution in [0.2, 0.25) is 0 Å². The monoisotopic (exact) mass is 351 g/mol. The molecule has 2 heterocycles. The van der Waals surface area contributed by atoms with Gasteiger partial charge in [0.05, 0.1) is 11.2 Å². The van der Waals surface area contributed by atoms with Crippen molar-refractivity contribution < 1.29 is 4.42 Å². The van der Waals surface area contributed by atoms with Crippen molar-refractivity contribution in [1.29, 1.82) is 0 Å². The van der Waals surface area contributed by atoms with E-state index in [1.54, 1.807) is 0 Å². The lowest BCUT2D eigenvalue weighted by atomic mass is 9.96. The summed E-state index contributed by atoms with van der Waals surface area (Å²) in [5.74, 6) is 0.580. The zero-order valence-electron chi connectivity index (χ0n) is 15.6. The van der Waals surface area contributed by atoms with E-state index in [9.17, 15) is 0 Å². The van der Waals surface area contributed by atoms with Crippen LogP contribution in [0.25, 0.3) is 44.1 Å². The van der Waals surface area contributed by atoms with Crippen LogP contribution in [-0.2, 0) is 6.42 Å². The Balaban J connectivity index is 1.83. The maximum atomic E-state index is 6.09. The van der Waals surface area contributed by atoms with Gasteiger partial charge in [0.15, 0.2) is 0 Å². The van der Waals surface area contributed by atoms with Crippen LogP contribution in [0.4, 0.5) is 0 Å². The van der Waals surface area contributed by atoms with Crippen LogP contribution in [0.5, 0.6) is 0 Å². The number of rotatable bonds is 3. The smallest absolute Gasteiger partial charge is 0.137 e. The summed E-state index contributed by atoms with van der Waals surface area (Å²) >= 11 is 0. The van der Waals surface area contributed by atoms with Gasteiger partial charge in [-0.3, -0.25) is 0 Å². The molecule has 0 amide bonds. The largest absolute Gasteiger partial charge is 0.456 e. The molecule has 2 heteroatoms. The summed E-state index contributed by atoms with van der Waals surface area (Å²) in [5.41, 5.74) is 6.34. The third-order valence-corrected chi connectivity index (χ3v) is 5.09. The standard InChI is InChI=1S/C25H21NO/c1-16(2)12-18-13-22(17-8-4-3-5-9-17)26-23-15-25-21(14-20(18)23)19-10-6-7-11-24(19)27-25/h3-11,13-16H,12H2,1-2H3. The third-order valence-electron chi connectivity index (χ3n) is 5.09. The summed E-state index contributed by atoms with van der Waals surface area (Å²) in [6, 6.07) is 25.2. The number of para-hydroxylation sites is 1. The van der Waals surface area contributed by atoms with E-state index in [0.717, 1.165) is 45.1 Å². The number of pyridine rings is 1. The van der Waals surface area contributed by atoms with E-state index in [2.05, 4.69) is 68.4 Å². The number of fused-ring (bicyclic) bond motifs is 4. The van der Waals surface area contributed by atoms with Gasteiger partial charge in [-0.15, -0.1) is 0 Å². The highest BCUT2D eigenvalue weighted by Crippen LogP contribution is 2.34. The van der Waals surface area contributed by atoms with Crippen molar-refractivity contribution in [2.24, 2.45) is 5.92 Å². The molecule has 0 atom stereocenters. The first-order valence-electron chi connectivity index (χ1n) is 9.49. The Bertz CT molecular complexity index is 1270. The summed E-state index contributed by atoms with van der Waals surface area (Å²) < 4.78 is 6.09. The van der Waals surface area contributed by atoms with Crippen molar-refractivity contribution >= 4 is 32.8 Å². The summed E-state index contributed by atoms with van der Waals surface area (Å²) in [6.07, 6.45) is 1.03. The number of nitrogens with zero attached hydrogens (tertiary/aromatic N) is 1. The van der Waals surface area contributed by atoms with Gasteiger partial charge in [0.2, 0.25) is 0 Å². The molecule has 0 saturated heterocycles. The molecule has 5 rings (SSSR count). The minimum atomic E-state index is 0.580. The molecule has 5 aromatic rings. The quantitative estimate of drug-likeness (QED) is 0.350. The Morgan fingerprint density at radius 2 is 1.56 bits per heavy atom. The van der Waals surface area contributed by atoms with Gasteiger partial charge in [-0.1, -0.05) is 62.4 Å². The van der Waals surface area contributed by atoms with E-state index in [-0.39, 0.29) is 0 Å². The van der Waals surface area contributed by atoms with E-state index < -0.39 is 0 Å². The normalized spacial score (nSPS) is 11.8. The molecule has 0 bridgehead atoms. The fourth-order valence-electron chi connectivity index (χ4n) is 3.88. The molecule has 27 heavy (non-hydrogen) atoms. The van der Waals surface area contributed by atoms with Gasteiger partial charge in [0.25, 0.3) is 0 Å². The molecule has 0 aliphatic carbocycles. The van der Waals surface area contributed by atoms with Crippen LogP contribution >= 0.6 is 0 Å². The highest BCUT2D eigenvalue weighted by Gasteiger charge is 2.13. The minimum absolute atomic E-state index is 0.580. The first kappa shape index (κ1) is 16.1. The van der Waals surface area contributed by atoms with Crippen LogP contribution in [0, 0.1) is 5.92 Å². The molecule has 0 radical (unpaired) electrons. The fourth-order valence-corrected chi connectivity index (χ4v) is 3.88. The average Bonchev–Trinajstić information content (AvgIpc) is 3.04. The zero-order chi connectivity index (χ0) is 18.4. The molecule has 0 spiro atoms. The molecule has 0 fully saturated rings. The molecule has 0 unspecified atom stereocenters. The van der Waals surface area contributed by atoms with Crippen LogP contribution < -0.4 is 0 Å². The predicted molar refractivity (Wildman–Crippen MR) is 113 cm³/mol. The number of furan rings is 1. The Morgan fingerprint density at radius 1 is 0.778 bits per heavy atom. The Labute approximate surface area is 158 Å². The SMILES string of the molecule is CC(C)Cc1cc(-c2ccccc2)nc2cc3oc4ccccc4c3cc12. The molecule has 132 valence electrons. The van der Waals surface area contributed by atoms with Crippen LogP contribution in [0.15, 0.2) is 77.2 Å². The lowest BCUT2D eigenvalue weighted by Gasteiger charge is -2.12. The highest BCUT2D eigenvalue weighted by atomic mass is 16.3. The number of hydrogen-bond acceptors (Lipinski definition) is 2. The minimum Gasteiger partial charge on any atom is -0.456 e. The molecular formula is C25H21NO. The molecular weight excluding hydrogens is 330 g/mol. The van der Waals surface area contributed by atoms with Crippen LogP contribution in [-0.4, -0.2) is 4.98 Å². The molecule has 3 aromatic carbocycles. The fraction of sp³-hybridized carbons (Fsp3) is 0.160. The van der Waals surface area contributed by atoms with Gasteiger partial charge in [-0.2, -0.15) is 0 Å². The number of hydrogen-bond donors (Lipinski definition) is 0. The van der Waals surface area contributed by atoms with Crippen LogP contribution in [0.3, 0.4) is 0 Å². The lowest BCUT2D eigenvalue weighted by molar-refractivity contribution is 0.650. The van der Waals surface area contributed by atoms with Gasteiger partial charge in [0.1, 0.15) is 11.2 Å². The summed E-state index contributed by atoms with van der Waals surface area (Å²) in [6.45, 7) is 4.53. The number of aromatic nitrogens is 1. The average molecular weight is 351 g/mol. The number of benzene rings is 3. The maximum Gasteiger partial charge on any atom is 0.137 e. The molecule has 0 saturated carbocycles. The zero-order valence-corrected chi connectivity index (χ0v) is 15.6. The molecule has 2 aromatic heterocycles. The summed E-state index contributed by atoms with van der Waals surface area (Å²) in [5, 5.41) is 3.55. The van der Waals surface area contributed by atoms with Gasteiger partial charge in [-0.25, -0.2) is 4.98 Å².